The van der Waals surface area contributed by atoms with Gasteiger partial charge in [0.2, 0.25) is 0 Å². The highest BCUT2D eigenvalue weighted by molar-refractivity contribution is 8.08. The van der Waals surface area contributed by atoms with Crippen molar-refractivity contribution < 1.29 is 0 Å². The van der Waals surface area contributed by atoms with E-state index < -0.39 is 0 Å². The Bertz CT molecular complexity index is 363. The van der Waals surface area contributed by atoms with E-state index in [-0.39, 0.29) is 0 Å². The van der Waals surface area contributed by atoms with E-state index in [2.05, 4.69) is 51.3 Å². The molecule has 1 heteroatoms. The van der Waals surface area contributed by atoms with Crippen molar-refractivity contribution in [1.82, 2.24) is 0 Å². The predicted octanol–water partition coefficient (Wildman–Crippen LogP) is 4.53. The average Bonchev–Trinajstić information content (AvgIpc) is 2.18. The van der Waals surface area contributed by atoms with Crippen LogP contribution in [0.5, 0.6) is 0 Å². The molecule has 1 aromatic carbocycles. The molecule has 0 aromatic heterocycles. The fourth-order valence-electron chi connectivity index (χ4n) is 1.52. The minimum atomic E-state index is 0.944. The summed E-state index contributed by atoms with van der Waals surface area (Å²) in [5.74, 6) is 1.07. The zero-order valence-electron chi connectivity index (χ0n) is 9.55. The van der Waals surface area contributed by atoms with Crippen LogP contribution in [0, 0.1) is 0 Å². The van der Waals surface area contributed by atoms with E-state index in [1.54, 1.807) is 11.8 Å². The molecule has 0 fully saturated rings. The van der Waals surface area contributed by atoms with Gasteiger partial charge < -0.3 is 0 Å². The van der Waals surface area contributed by atoms with Crippen LogP contribution in [0.4, 0.5) is 0 Å². The molecule has 0 saturated carbocycles. The third-order valence-electron chi connectivity index (χ3n) is 2.13. The standard InChI is InChI=1S/C14H18S/c1-5-15-12(4)14-9-7-6-8-13(14)10-11(2)3/h6-9H,2,4-5,10H2,1,3H3. The summed E-state index contributed by atoms with van der Waals surface area (Å²) in [6.45, 7) is 12.3. The Kier molecular flexibility index (Phi) is 4.70. The molecule has 0 amide bonds. The minimum Gasteiger partial charge on any atom is -0.126 e. The maximum Gasteiger partial charge on any atom is 0.00753 e. The van der Waals surface area contributed by atoms with Gasteiger partial charge in [0.15, 0.2) is 0 Å². The van der Waals surface area contributed by atoms with Crippen LogP contribution in [-0.4, -0.2) is 5.75 Å². The van der Waals surface area contributed by atoms with E-state index >= 15 is 0 Å². The highest BCUT2D eigenvalue weighted by atomic mass is 32.2. The number of allylic oxidation sites excluding steroid dienone is 1. The van der Waals surface area contributed by atoms with Gasteiger partial charge in [0.1, 0.15) is 0 Å². The molecule has 80 valence electrons. The molecule has 0 N–H and O–H groups in total. The maximum atomic E-state index is 4.12. The summed E-state index contributed by atoms with van der Waals surface area (Å²) in [7, 11) is 0. The highest BCUT2D eigenvalue weighted by Crippen LogP contribution is 2.28. The van der Waals surface area contributed by atoms with Gasteiger partial charge in [0.05, 0.1) is 0 Å². The number of hydrogen-bond donors (Lipinski definition) is 0. The van der Waals surface area contributed by atoms with E-state index in [9.17, 15) is 0 Å². The first-order valence-corrected chi connectivity index (χ1v) is 6.18. The Balaban J connectivity index is 2.95. The normalized spacial score (nSPS) is 10.0. The highest BCUT2D eigenvalue weighted by Gasteiger charge is 2.05. The van der Waals surface area contributed by atoms with Crippen LogP contribution in [0.3, 0.4) is 0 Å². The molecule has 0 aliphatic heterocycles. The van der Waals surface area contributed by atoms with Crippen LogP contribution in [0.2, 0.25) is 0 Å². The third kappa shape index (κ3) is 3.60. The second kappa shape index (κ2) is 5.82. The molecule has 0 unspecified atom stereocenters. The second-order valence-corrected chi connectivity index (χ2v) is 5.01. The van der Waals surface area contributed by atoms with Gasteiger partial charge in [-0.05, 0) is 30.2 Å². The molecule has 0 saturated heterocycles. The number of thioether (sulfide) groups is 1. The molecule has 0 bridgehead atoms. The first-order valence-electron chi connectivity index (χ1n) is 5.19. The van der Waals surface area contributed by atoms with E-state index in [1.165, 1.54) is 16.7 Å². The third-order valence-corrected chi connectivity index (χ3v) is 2.99. The Labute approximate surface area is 97.1 Å². The minimum absolute atomic E-state index is 0.944. The van der Waals surface area contributed by atoms with Crippen LogP contribution in [0.15, 0.2) is 43.0 Å². The van der Waals surface area contributed by atoms with Gasteiger partial charge >= 0.3 is 0 Å². The average molecular weight is 218 g/mol. The lowest BCUT2D eigenvalue weighted by Gasteiger charge is -2.10. The van der Waals surface area contributed by atoms with E-state index in [0.29, 0.717) is 0 Å². The van der Waals surface area contributed by atoms with Crippen LogP contribution in [0.25, 0.3) is 4.91 Å². The van der Waals surface area contributed by atoms with Crippen molar-refractivity contribution >= 4 is 16.7 Å². The van der Waals surface area contributed by atoms with E-state index in [4.69, 9.17) is 0 Å². The van der Waals surface area contributed by atoms with Gasteiger partial charge in [-0.25, -0.2) is 0 Å². The first-order chi connectivity index (χ1) is 7.15. The van der Waals surface area contributed by atoms with Crippen molar-refractivity contribution in [2.24, 2.45) is 0 Å². The van der Waals surface area contributed by atoms with Crippen molar-refractivity contribution in [2.75, 3.05) is 5.75 Å². The molecule has 1 rings (SSSR count). The smallest absolute Gasteiger partial charge is 0.00753 e. The van der Waals surface area contributed by atoms with Crippen LogP contribution in [-0.2, 0) is 6.42 Å². The molecule has 15 heavy (non-hydrogen) atoms. The summed E-state index contributed by atoms with van der Waals surface area (Å²) < 4.78 is 0. The zero-order chi connectivity index (χ0) is 11.3. The molecule has 0 nitrogen and oxygen atoms in total. The largest absolute Gasteiger partial charge is 0.126 e. The van der Waals surface area contributed by atoms with Gasteiger partial charge in [0, 0.05) is 4.91 Å². The van der Waals surface area contributed by atoms with Crippen LogP contribution < -0.4 is 0 Å². The Morgan fingerprint density at radius 3 is 2.53 bits per heavy atom. The molecule has 0 aliphatic carbocycles. The SMILES string of the molecule is C=C(C)Cc1ccccc1C(=C)SCC. The molecule has 0 radical (unpaired) electrons. The van der Waals surface area contributed by atoms with Crippen molar-refractivity contribution in [1.29, 1.82) is 0 Å². The maximum absolute atomic E-state index is 4.12. The molecular weight excluding hydrogens is 200 g/mol. The molecule has 0 spiro atoms. The van der Waals surface area contributed by atoms with Gasteiger partial charge in [-0.2, -0.15) is 0 Å². The summed E-state index contributed by atoms with van der Waals surface area (Å²) >= 11 is 1.80. The second-order valence-electron chi connectivity index (χ2n) is 3.65. The fraction of sp³-hybridized carbons (Fsp3) is 0.286. The van der Waals surface area contributed by atoms with Crippen molar-refractivity contribution in [3.8, 4) is 0 Å². The Hall–Kier alpha value is -0.950. The van der Waals surface area contributed by atoms with Crippen LogP contribution in [0.1, 0.15) is 25.0 Å². The summed E-state index contributed by atoms with van der Waals surface area (Å²) in [5.41, 5.74) is 3.79. The summed E-state index contributed by atoms with van der Waals surface area (Å²) in [4.78, 5) is 1.16. The number of benzene rings is 1. The van der Waals surface area contributed by atoms with E-state index in [1.807, 2.05) is 0 Å². The number of rotatable bonds is 5. The summed E-state index contributed by atoms with van der Waals surface area (Å²) in [6.07, 6.45) is 0.944. The van der Waals surface area contributed by atoms with E-state index in [0.717, 1.165) is 17.1 Å². The monoisotopic (exact) mass is 218 g/mol. The summed E-state index contributed by atoms with van der Waals surface area (Å²) in [6, 6.07) is 8.44. The lowest BCUT2D eigenvalue weighted by molar-refractivity contribution is 1.15. The van der Waals surface area contributed by atoms with Crippen molar-refractivity contribution in [3.63, 3.8) is 0 Å². The van der Waals surface area contributed by atoms with Gasteiger partial charge in [-0.15, -0.1) is 11.8 Å². The predicted molar refractivity (Wildman–Crippen MR) is 72.1 cm³/mol. The molecule has 0 heterocycles. The lowest BCUT2D eigenvalue weighted by Crippen LogP contribution is -1.92. The topological polar surface area (TPSA) is 0 Å². The van der Waals surface area contributed by atoms with Crippen molar-refractivity contribution in [3.05, 3.63) is 54.1 Å². The quantitative estimate of drug-likeness (QED) is 0.654. The van der Waals surface area contributed by atoms with Gasteiger partial charge in [-0.1, -0.05) is 49.9 Å². The first kappa shape index (κ1) is 12.1. The van der Waals surface area contributed by atoms with Crippen molar-refractivity contribution in [2.45, 2.75) is 20.3 Å². The van der Waals surface area contributed by atoms with Crippen LogP contribution >= 0.6 is 11.8 Å². The zero-order valence-corrected chi connectivity index (χ0v) is 10.4. The molecule has 1 aromatic rings. The Morgan fingerprint density at radius 1 is 1.27 bits per heavy atom. The summed E-state index contributed by atoms with van der Waals surface area (Å²) in [5, 5.41) is 0. The molecule has 0 atom stereocenters. The van der Waals surface area contributed by atoms with Gasteiger partial charge in [0.25, 0.3) is 0 Å². The molecule has 0 aliphatic rings. The molecular formula is C14H18S. The Morgan fingerprint density at radius 2 is 1.93 bits per heavy atom. The van der Waals surface area contributed by atoms with Gasteiger partial charge in [-0.3, -0.25) is 0 Å². The lowest BCUT2D eigenvalue weighted by atomic mass is 10.0. The fourth-order valence-corrected chi connectivity index (χ4v) is 2.23. The number of hydrogen-bond acceptors (Lipinski definition) is 1.